The number of allylic oxidation sites excluding steroid dienone is 1. The Bertz CT molecular complexity index is 471. The van der Waals surface area contributed by atoms with Crippen molar-refractivity contribution in [2.75, 3.05) is 0 Å². The maximum absolute atomic E-state index is 11.6. The number of ether oxygens (including phenoxy) is 1. The highest BCUT2D eigenvalue weighted by atomic mass is 16.6. The molecule has 2 unspecified atom stereocenters. The fraction of sp³-hybridized carbons (Fsp3) is 0.500. The predicted octanol–water partition coefficient (Wildman–Crippen LogP) is 0.571. The van der Waals surface area contributed by atoms with Crippen LogP contribution in [0.1, 0.15) is 26.7 Å². The second-order valence-electron chi connectivity index (χ2n) is 4.39. The number of fused-ring (bicyclic) bond motifs is 1. The molecule has 0 bridgehead atoms. The minimum atomic E-state index is -0.868. The number of rotatable bonds is 2. The van der Waals surface area contributed by atoms with Crippen LogP contribution in [0.4, 0.5) is 0 Å². The van der Waals surface area contributed by atoms with Gasteiger partial charge in [0.2, 0.25) is 0 Å². The van der Waals surface area contributed by atoms with E-state index >= 15 is 0 Å². The van der Waals surface area contributed by atoms with Gasteiger partial charge in [0.25, 0.3) is 0 Å². The van der Waals surface area contributed by atoms with Gasteiger partial charge in [0, 0.05) is 11.5 Å². The van der Waals surface area contributed by atoms with Gasteiger partial charge in [0.1, 0.15) is 5.78 Å². The van der Waals surface area contributed by atoms with E-state index in [1.165, 1.54) is 13.8 Å². The lowest BCUT2D eigenvalue weighted by atomic mass is 9.73. The van der Waals surface area contributed by atoms with Gasteiger partial charge in [-0.2, -0.15) is 0 Å². The van der Waals surface area contributed by atoms with Crippen LogP contribution in [-0.4, -0.2) is 23.5 Å². The summed E-state index contributed by atoms with van der Waals surface area (Å²) in [4.78, 5) is 46.0. The Kier molecular flexibility index (Phi) is 2.69. The molecular weight excluding hydrogens is 224 g/mol. The quantitative estimate of drug-likeness (QED) is 0.517. The van der Waals surface area contributed by atoms with E-state index in [2.05, 4.69) is 4.74 Å². The topological polar surface area (TPSA) is 77.5 Å². The lowest BCUT2D eigenvalue weighted by molar-refractivity contribution is -0.154. The molecule has 0 amide bonds. The van der Waals surface area contributed by atoms with Gasteiger partial charge in [0.05, 0.1) is 11.5 Å². The van der Waals surface area contributed by atoms with Gasteiger partial charge in [0.15, 0.2) is 5.78 Å². The van der Waals surface area contributed by atoms with Gasteiger partial charge >= 0.3 is 11.9 Å². The normalized spacial score (nSPS) is 27.9. The smallest absolute Gasteiger partial charge is 0.342 e. The molecule has 2 atom stereocenters. The summed E-state index contributed by atoms with van der Waals surface area (Å²) >= 11 is 0. The third-order valence-corrected chi connectivity index (χ3v) is 3.36. The molecule has 90 valence electrons. The minimum Gasteiger partial charge on any atom is -0.389 e. The molecule has 0 N–H and O–H groups in total. The Morgan fingerprint density at radius 2 is 1.88 bits per heavy atom. The lowest BCUT2D eigenvalue weighted by Crippen LogP contribution is -2.31. The van der Waals surface area contributed by atoms with E-state index in [-0.39, 0.29) is 17.1 Å². The highest BCUT2D eigenvalue weighted by Crippen LogP contribution is 2.40. The second kappa shape index (κ2) is 3.91. The summed E-state index contributed by atoms with van der Waals surface area (Å²) in [5, 5.41) is 0. The molecule has 5 heteroatoms. The van der Waals surface area contributed by atoms with Crippen molar-refractivity contribution in [3.8, 4) is 0 Å². The van der Waals surface area contributed by atoms with Crippen molar-refractivity contribution in [2.45, 2.75) is 26.7 Å². The number of hydrogen-bond donors (Lipinski definition) is 0. The molecule has 0 aromatic rings. The Balaban J connectivity index is 2.54. The molecule has 1 aliphatic carbocycles. The summed E-state index contributed by atoms with van der Waals surface area (Å²) in [5.74, 6) is -3.26. The lowest BCUT2D eigenvalue weighted by Gasteiger charge is -2.24. The maximum atomic E-state index is 11.6. The van der Waals surface area contributed by atoms with Gasteiger partial charge in [-0.3, -0.25) is 14.4 Å². The first-order valence-corrected chi connectivity index (χ1v) is 5.44. The van der Waals surface area contributed by atoms with Gasteiger partial charge in [-0.25, -0.2) is 4.79 Å². The summed E-state index contributed by atoms with van der Waals surface area (Å²) in [6.45, 7) is 2.74. The average Bonchev–Trinajstić information content (AvgIpc) is 2.54. The van der Waals surface area contributed by atoms with E-state index in [0.29, 0.717) is 18.4 Å². The molecule has 1 saturated heterocycles. The van der Waals surface area contributed by atoms with E-state index in [4.69, 9.17) is 0 Å². The molecule has 0 spiro atoms. The summed E-state index contributed by atoms with van der Waals surface area (Å²) < 4.78 is 4.53. The van der Waals surface area contributed by atoms with E-state index in [1.807, 2.05) is 0 Å². The second-order valence-corrected chi connectivity index (χ2v) is 4.39. The van der Waals surface area contributed by atoms with Gasteiger partial charge < -0.3 is 4.74 Å². The molecular formula is C12H12O5. The number of carbonyl (C=O) groups excluding carboxylic acids is 4. The highest BCUT2D eigenvalue weighted by molar-refractivity contribution is 6.14. The molecule has 2 aliphatic rings. The third kappa shape index (κ3) is 1.71. The zero-order valence-electron chi connectivity index (χ0n) is 9.61. The molecule has 5 nitrogen and oxygen atoms in total. The summed E-state index contributed by atoms with van der Waals surface area (Å²) in [6.07, 6.45) is 0.772. The maximum Gasteiger partial charge on any atom is 0.342 e. The molecule has 1 heterocycles. The molecule has 2 rings (SSSR count). The largest absolute Gasteiger partial charge is 0.389 e. The zero-order chi connectivity index (χ0) is 12.7. The van der Waals surface area contributed by atoms with E-state index in [0.717, 1.165) is 0 Å². The van der Waals surface area contributed by atoms with Crippen LogP contribution in [0.25, 0.3) is 0 Å². The van der Waals surface area contributed by atoms with Crippen LogP contribution in [0, 0.1) is 11.8 Å². The number of Topliss-reactive ketones (excluding diaryl/α,β-unsaturated/α-hetero) is 2. The van der Waals surface area contributed by atoms with Crippen molar-refractivity contribution in [1.29, 1.82) is 0 Å². The van der Waals surface area contributed by atoms with Crippen molar-refractivity contribution in [3.05, 3.63) is 11.1 Å². The van der Waals surface area contributed by atoms with E-state index < -0.39 is 23.8 Å². The first kappa shape index (κ1) is 11.7. The fourth-order valence-electron chi connectivity index (χ4n) is 2.54. The van der Waals surface area contributed by atoms with Crippen LogP contribution in [0.3, 0.4) is 0 Å². The summed E-state index contributed by atoms with van der Waals surface area (Å²) in [5.41, 5.74) is 0.442. The first-order chi connectivity index (χ1) is 7.93. The van der Waals surface area contributed by atoms with Gasteiger partial charge in [-0.05, 0) is 26.7 Å². The van der Waals surface area contributed by atoms with E-state index in [1.54, 1.807) is 0 Å². The SMILES string of the molecule is CC(=O)C1=C2C(=O)OC(=O)C2C(C(C)=O)CC1. The van der Waals surface area contributed by atoms with Gasteiger partial charge in [-0.15, -0.1) is 0 Å². The van der Waals surface area contributed by atoms with Crippen LogP contribution in [0.15, 0.2) is 11.1 Å². The fourth-order valence-corrected chi connectivity index (χ4v) is 2.54. The van der Waals surface area contributed by atoms with Crippen molar-refractivity contribution >= 4 is 23.5 Å². The van der Waals surface area contributed by atoms with Crippen molar-refractivity contribution < 1.29 is 23.9 Å². The Labute approximate surface area is 97.8 Å². The summed E-state index contributed by atoms with van der Waals surface area (Å²) in [6, 6.07) is 0. The number of carbonyl (C=O) groups is 4. The Morgan fingerprint density at radius 3 is 2.41 bits per heavy atom. The number of hydrogen-bond acceptors (Lipinski definition) is 5. The molecule has 1 aliphatic heterocycles. The van der Waals surface area contributed by atoms with Crippen LogP contribution >= 0.6 is 0 Å². The van der Waals surface area contributed by atoms with E-state index in [9.17, 15) is 19.2 Å². The van der Waals surface area contributed by atoms with Crippen LogP contribution < -0.4 is 0 Å². The molecule has 0 aromatic heterocycles. The minimum absolute atomic E-state index is 0.106. The van der Waals surface area contributed by atoms with Crippen molar-refractivity contribution in [2.24, 2.45) is 11.8 Å². The highest BCUT2D eigenvalue weighted by Gasteiger charge is 2.49. The molecule has 0 radical (unpaired) electrons. The predicted molar refractivity (Wildman–Crippen MR) is 55.7 cm³/mol. The Hall–Kier alpha value is -1.78. The third-order valence-electron chi connectivity index (χ3n) is 3.36. The Morgan fingerprint density at radius 1 is 1.24 bits per heavy atom. The van der Waals surface area contributed by atoms with Crippen molar-refractivity contribution in [3.63, 3.8) is 0 Å². The van der Waals surface area contributed by atoms with Crippen LogP contribution in [0.5, 0.6) is 0 Å². The number of ketones is 2. The molecule has 0 saturated carbocycles. The van der Waals surface area contributed by atoms with Crippen LogP contribution in [-0.2, 0) is 23.9 Å². The number of esters is 2. The summed E-state index contributed by atoms with van der Waals surface area (Å²) in [7, 11) is 0. The standard InChI is InChI=1S/C12H12O5/c1-5(13)7-3-4-8(6(2)14)10-9(7)11(15)17-12(10)16/h7,9H,3-4H2,1-2H3. The number of cyclic esters (lactones) is 2. The first-order valence-electron chi connectivity index (χ1n) is 5.44. The zero-order valence-corrected chi connectivity index (χ0v) is 9.61. The molecule has 0 aromatic carbocycles. The average molecular weight is 236 g/mol. The van der Waals surface area contributed by atoms with Gasteiger partial charge in [-0.1, -0.05) is 0 Å². The molecule has 1 fully saturated rings. The van der Waals surface area contributed by atoms with Crippen molar-refractivity contribution in [1.82, 2.24) is 0 Å². The molecule has 17 heavy (non-hydrogen) atoms. The monoisotopic (exact) mass is 236 g/mol. The van der Waals surface area contributed by atoms with Crippen LogP contribution in [0.2, 0.25) is 0 Å².